The Kier molecular flexibility index (Phi) is 7.80. The monoisotopic (exact) mass is 462 g/mol. The average molecular weight is 463 g/mol. The number of aliphatic imine (C=N–C) groups is 1. The number of nitrogens with zero attached hydrogens (tertiary/aromatic N) is 3. The van der Waals surface area contributed by atoms with Gasteiger partial charge in [-0.2, -0.15) is 13.8 Å². The molecule has 180 valence electrons. The van der Waals surface area contributed by atoms with E-state index in [0.717, 1.165) is 50.4 Å². The fourth-order valence-electron chi connectivity index (χ4n) is 4.50. The highest BCUT2D eigenvalue weighted by Crippen LogP contribution is 2.32. The molecule has 0 unspecified atom stereocenters. The van der Waals surface area contributed by atoms with Gasteiger partial charge in [0.1, 0.15) is 11.6 Å². The number of benzene rings is 1. The van der Waals surface area contributed by atoms with Gasteiger partial charge in [-0.05, 0) is 43.4 Å². The first-order valence-corrected chi connectivity index (χ1v) is 11.3. The van der Waals surface area contributed by atoms with Crippen molar-refractivity contribution in [1.29, 1.82) is 0 Å². The molecule has 2 saturated heterocycles. The van der Waals surface area contributed by atoms with Crippen molar-refractivity contribution in [2.75, 3.05) is 32.1 Å². The lowest BCUT2D eigenvalue weighted by Gasteiger charge is -2.39. The van der Waals surface area contributed by atoms with Gasteiger partial charge in [0.15, 0.2) is 0 Å². The van der Waals surface area contributed by atoms with Crippen molar-refractivity contribution in [3.8, 4) is 0 Å². The Morgan fingerprint density at radius 3 is 2.52 bits per heavy atom. The van der Waals surface area contributed by atoms with Crippen LogP contribution in [0.4, 0.5) is 18.9 Å². The number of rotatable bonds is 7. The van der Waals surface area contributed by atoms with Crippen LogP contribution >= 0.6 is 0 Å². The van der Waals surface area contributed by atoms with Crippen molar-refractivity contribution in [1.82, 2.24) is 9.80 Å². The minimum atomic E-state index is -3.16. The van der Waals surface area contributed by atoms with E-state index < -0.39 is 11.8 Å². The largest absolute Gasteiger partial charge is 0.480 e. The first kappa shape index (κ1) is 24.8. The summed E-state index contributed by atoms with van der Waals surface area (Å²) in [7, 11) is 1.18. The van der Waals surface area contributed by atoms with Gasteiger partial charge in [0.05, 0.1) is 24.5 Å². The highest BCUT2D eigenvalue weighted by Gasteiger charge is 2.35. The number of alkyl halides is 2. The standard InChI is InChI=1S/C25H33F3N4O/c1-6-18-8-9-21(20(26)16-18)30-22-12-15-32(23(22)7-2)19-10-13-31(14-11-19)17(3)29-24(33-5)25(4,27)28/h8-9,16,19,22,30H,2-3,6,10-15H2,1,4-5H3/b29-24-/t22-/m0/s1. The third-order valence-electron chi connectivity index (χ3n) is 6.32. The van der Waals surface area contributed by atoms with Gasteiger partial charge in [-0.1, -0.05) is 26.1 Å². The van der Waals surface area contributed by atoms with E-state index in [4.69, 9.17) is 4.74 Å². The number of nitrogens with one attached hydrogen (secondary N) is 1. The van der Waals surface area contributed by atoms with E-state index >= 15 is 0 Å². The summed E-state index contributed by atoms with van der Waals surface area (Å²) in [6, 6.07) is 5.50. The van der Waals surface area contributed by atoms with E-state index in [0.29, 0.717) is 18.8 Å². The molecule has 0 spiro atoms. The molecule has 0 amide bonds. The molecule has 1 aromatic rings. The van der Waals surface area contributed by atoms with Crippen LogP contribution in [-0.4, -0.2) is 60.4 Å². The average Bonchev–Trinajstić information content (AvgIpc) is 3.20. The highest BCUT2D eigenvalue weighted by molar-refractivity contribution is 5.83. The fraction of sp³-hybridized carbons (Fsp3) is 0.520. The molecular formula is C25H33F3N4O. The fourth-order valence-corrected chi connectivity index (χ4v) is 4.50. The SMILES string of the molecule is C=C=C1[C@@H](Nc2ccc(CC)cc2F)CCN1C1CCN(C(=C)/N=C(\OC)C(C)(F)F)CC1. The molecule has 5 nitrogen and oxygen atoms in total. The summed E-state index contributed by atoms with van der Waals surface area (Å²) in [5, 5.41) is 3.32. The Bertz CT molecular complexity index is 941. The highest BCUT2D eigenvalue weighted by atomic mass is 19.3. The Morgan fingerprint density at radius 1 is 1.27 bits per heavy atom. The number of aryl methyl sites for hydroxylation is 1. The second kappa shape index (κ2) is 10.4. The van der Waals surface area contributed by atoms with Crippen molar-refractivity contribution < 1.29 is 17.9 Å². The van der Waals surface area contributed by atoms with Crippen molar-refractivity contribution in [2.45, 2.75) is 57.5 Å². The topological polar surface area (TPSA) is 40.1 Å². The number of likely N-dealkylation sites (tertiary alicyclic amines) is 2. The molecule has 0 aromatic heterocycles. The van der Waals surface area contributed by atoms with Gasteiger partial charge in [0, 0.05) is 32.6 Å². The molecule has 3 rings (SSSR count). The van der Waals surface area contributed by atoms with Gasteiger partial charge < -0.3 is 19.9 Å². The van der Waals surface area contributed by atoms with Crippen LogP contribution in [0.3, 0.4) is 0 Å². The summed E-state index contributed by atoms with van der Waals surface area (Å²) in [4.78, 5) is 8.09. The number of piperidine rings is 1. The molecule has 1 atom stereocenters. The van der Waals surface area contributed by atoms with Gasteiger partial charge in [-0.3, -0.25) is 0 Å². The molecule has 0 bridgehead atoms. The van der Waals surface area contributed by atoms with Gasteiger partial charge >= 0.3 is 5.92 Å². The number of hydrogen-bond acceptors (Lipinski definition) is 5. The van der Waals surface area contributed by atoms with Gasteiger partial charge in [0.2, 0.25) is 0 Å². The van der Waals surface area contributed by atoms with Gasteiger partial charge in [0.25, 0.3) is 5.90 Å². The second-order valence-corrected chi connectivity index (χ2v) is 8.55. The molecule has 0 aliphatic carbocycles. The molecule has 0 saturated carbocycles. The third kappa shape index (κ3) is 5.74. The molecule has 2 heterocycles. The third-order valence-corrected chi connectivity index (χ3v) is 6.32. The van der Waals surface area contributed by atoms with E-state index in [1.807, 2.05) is 17.9 Å². The number of methoxy groups -OCH3 is 1. The van der Waals surface area contributed by atoms with Crippen LogP contribution in [-0.2, 0) is 11.2 Å². The van der Waals surface area contributed by atoms with Crippen LogP contribution in [0.25, 0.3) is 0 Å². The number of hydrogen-bond donors (Lipinski definition) is 1. The van der Waals surface area contributed by atoms with Gasteiger partial charge in [-0.15, -0.1) is 5.73 Å². The maximum atomic E-state index is 14.5. The zero-order valence-electron chi connectivity index (χ0n) is 19.6. The van der Waals surface area contributed by atoms with Crippen molar-refractivity contribution in [3.05, 3.63) is 60.0 Å². The second-order valence-electron chi connectivity index (χ2n) is 8.55. The Hall–Kier alpha value is -2.86. The Labute approximate surface area is 194 Å². The van der Waals surface area contributed by atoms with E-state index in [2.05, 4.69) is 34.1 Å². The molecule has 8 heteroatoms. The number of halogens is 3. The molecule has 1 aromatic carbocycles. The van der Waals surface area contributed by atoms with Crippen LogP contribution in [0.15, 0.2) is 53.6 Å². The first-order valence-electron chi connectivity index (χ1n) is 11.3. The predicted molar refractivity (Wildman–Crippen MR) is 126 cm³/mol. The lowest BCUT2D eigenvalue weighted by atomic mass is 10.0. The number of ether oxygens (including phenoxy) is 1. The van der Waals surface area contributed by atoms with E-state index in [-0.39, 0.29) is 23.7 Å². The lowest BCUT2D eigenvalue weighted by molar-refractivity contribution is 0.0715. The molecule has 2 aliphatic heterocycles. The summed E-state index contributed by atoms with van der Waals surface area (Å²) in [6.07, 6.45) is 3.25. The number of anilines is 1. The van der Waals surface area contributed by atoms with Gasteiger partial charge in [-0.25, -0.2) is 4.39 Å². The molecule has 0 radical (unpaired) electrons. The van der Waals surface area contributed by atoms with Crippen LogP contribution in [0.2, 0.25) is 0 Å². The zero-order valence-corrected chi connectivity index (χ0v) is 19.6. The van der Waals surface area contributed by atoms with Crippen molar-refractivity contribution in [2.24, 2.45) is 4.99 Å². The van der Waals surface area contributed by atoms with E-state index in [1.165, 1.54) is 7.11 Å². The summed E-state index contributed by atoms with van der Waals surface area (Å²) in [5.41, 5.74) is 5.45. The summed E-state index contributed by atoms with van der Waals surface area (Å²) in [5.74, 6) is -3.78. The predicted octanol–water partition coefficient (Wildman–Crippen LogP) is 5.18. The minimum Gasteiger partial charge on any atom is -0.480 e. The Morgan fingerprint density at radius 2 is 1.97 bits per heavy atom. The smallest absolute Gasteiger partial charge is 0.319 e. The van der Waals surface area contributed by atoms with Crippen molar-refractivity contribution >= 4 is 11.6 Å². The summed E-state index contributed by atoms with van der Waals surface area (Å²) < 4.78 is 46.3. The van der Waals surface area contributed by atoms with E-state index in [1.54, 1.807) is 12.1 Å². The van der Waals surface area contributed by atoms with Crippen LogP contribution < -0.4 is 5.32 Å². The van der Waals surface area contributed by atoms with Crippen LogP contribution in [0.5, 0.6) is 0 Å². The van der Waals surface area contributed by atoms with Crippen LogP contribution in [0, 0.1) is 5.82 Å². The molecule has 33 heavy (non-hydrogen) atoms. The maximum Gasteiger partial charge on any atom is 0.319 e. The summed E-state index contributed by atoms with van der Waals surface area (Å²) >= 11 is 0. The molecular weight excluding hydrogens is 429 g/mol. The lowest BCUT2D eigenvalue weighted by Crippen LogP contribution is -2.43. The molecule has 2 aliphatic rings. The maximum absolute atomic E-state index is 14.5. The minimum absolute atomic E-state index is 0.0573. The zero-order chi connectivity index (χ0) is 24.2. The molecule has 2 fully saturated rings. The Balaban J connectivity index is 1.61. The first-order chi connectivity index (χ1) is 15.7. The van der Waals surface area contributed by atoms with E-state index in [9.17, 15) is 13.2 Å². The van der Waals surface area contributed by atoms with Crippen LogP contribution in [0.1, 0.15) is 38.7 Å². The normalized spacial score (nSPS) is 20.1. The summed E-state index contributed by atoms with van der Waals surface area (Å²) in [6.45, 7) is 12.6. The van der Waals surface area contributed by atoms with Crippen molar-refractivity contribution in [3.63, 3.8) is 0 Å². The quantitative estimate of drug-likeness (QED) is 0.344. The molecule has 1 N–H and O–H groups in total.